The lowest BCUT2D eigenvalue weighted by molar-refractivity contribution is -0.137. The first-order valence-corrected chi connectivity index (χ1v) is 5.23. The van der Waals surface area contributed by atoms with Crippen molar-refractivity contribution in [3.05, 3.63) is 29.3 Å². The van der Waals surface area contributed by atoms with Gasteiger partial charge in [-0.1, -0.05) is 18.2 Å². The Hall–Kier alpha value is -1.51. The first kappa shape index (κ1) is 10.0. The van der Waals surface area contributed by atoms with Crippen molar-refractivity contribution in [2.75, 3.05) is 11.9 Å². The van der Waals surface area contributed by atoms with Crippen LogP contribution in [0.15, 0.2) is 18.2 Å². The number of aliphatic carboxylic acids is 1. The third-order valence-electron chi connectivity index (χ3n) is 2.96. The lowest BCUT2D eigenvalue weighted by Gasteiger charge is -2.27. The molecule has 0 spiro atoms. The topological polar surface area (TPSA) is 49.3 Å². The summed E-state index contributed by atoms with van der Waals surface area (Å²) in [5, 5.41) is 12.2. The first-order valence-electron chi connectivity index (χ1n) is 5.23. The van der Waals surface area contributed by atoms with Crippen molar-refractivity contribution >= 4 is 11.7 Å². The number of anilines is 1. The third-order valence-corrected chi connectivity index (χ3v) is 2.96. The van der Waals surface area contributed by atoms with Gasteiger partial charge in [-0.25, -0.2) is 0 Å². The maximum Gasteiger partial charge on any atom is 0.303 e. The molecule has 0 saturated heterocycles. The molecular weight excluding hydrogens is 190 g/mol. The number of aryl methyl sites for hydroxylation is 1. The maximum atomic E-state index is 10.7. The van der Waals surface area contributed by atoms with E-state index in [1.165, 1.54) is 5.56 Å². The van der Waals surface area contributed by atoms with Crippen molar-refractivity contribution in [2.24, 2.45) is 0 Å². The molecule has 1 unspecified atom stereocenters. The second kappa shape index (κ2) is 3.93. The van der Waals surface area contributed by atoms with Gasteiger partial charge in [0.1, 0.15) is 0 Å². The van der Waals surface area contributed by atoms with Crippen LogP contribution in [0.25, 0.3) is 0 Å². The van der Waals surface area contributed by atoms with Gasteiger partial charge in [-0.3, -0.25) is 4.79 Å². The van der Waals surface area contributed by atoms with Crippen LogP contribution in [0.2, 0.25) is 0 Å². The molecule has 1 heterocycles. The van der Waals surface area contributed by atoms with Crippen LogP contribution < -0.4 is 5.32 Å². The third kappa shape index (κ3) is 1.96. The molecule has 1 aliphatic heterocycles. The van der Waals surface area contributed by atoms with Crippen LogP contribution in [0.1, 0.15) is 29.9 Å². The fourth-order valence-corrected chi connectivity index (χ4v) is 2.22. The Morgan fingerprint density at radius 1 is 1.60 bits per heavy atom. The molecule has 2 N–H and O–H groups in total. The lowest BCUT2D eigenvalue weighted by Crippen LogP contribution is -2.19. The van der Waals surface area contributed by atoms with Crippen LogP contribution >= 0.6 is 0 Å². The number of carbonyl (C=O) groups is 1. The van der Waals surface area contributed by atoms with Gasteiger partial charge in [0, 0.05) is 12.2 Å². The molecule has 0 amide bonds. The summed E-state index contributed by atoms with van der Waals surface area (Å²) >= 11 is 0. The van der Waals surface area contributed by atoms with Gasteiger partial charge in [0.15, 0.2) is 0 Å². The van der Waals surface area contributed by atoms with E-state index in [0.29, 0.717) is 0 Å². The summed E-state index contributed by atoms with van der Waals surface area (Å²) < 4.78 is 0. The van der Waals surface area contributed by atoms with Crippen LogP contribution in [0.4, 0.5) is 5.69 Å². The van der Waals surface area contributed by atoms with Gasteiger partial charge in [0.05, 0.1) is 6.42 Å². The van der Waals surface area contributed by atoms with Gasteiger partial charge in [0.25, 0.3) is 0 Å². The Kier molecular flexibility index (Phi) is 2.62. The summed E-state index contributed by atoms with van der Waals surface area (Å²) in [6.45, 7) is 2.92. The van der Waals surface area contributed by atoms with Gasteiger partial charge in [-0.15, -0.1) is 0 Å². The van der Waals surface area contributed by atoms with Crippen LogP contribution in [0, 0.1) is 6.92 Å². The highest BCUT2D eigenvalue weighted by atomic mass is 16.4. The van der Waals surface area contributed by atoms with Crippen LogP contribution in [-0.4, -0.2) is 17.6 Å². The van der Waals surface area contributed by atoms with Gasteiger partial charge in [-0.05, 0) is 30.4 Å². The lowest BCUT2D eigenvalue weighted by atomic mass is 9.87. The monoisotopic (exact) mass is 205 g/mol. The van der Waals surface area contributed by atoms with E-state index in [-0.39, 0.29) is 12.3 Å². The minimum atomic E-state index is -0.714. The summed E-state index contributed by atoms with van der Waals surface area (Å²) in [5.74, 6) is -0.548. The maximum absolute atomic E-state index is 10.7. The molecule has 1 aromatic carbocycles. The average Bonchev–Trinajstić information content (AvgIpc) is 2.19. The Morgan fingerprint density at radius 2 is 2.40 bits per heavy atom. The average molecular weight is 205 g/mol. The Labute approximate surface area is 89.1 Å². The quantitative estimate of drug-likeness (QED) is 0.779. The molecule has 3 heteroatoms. The molecule has 15 heavy (non-hydrogen) atoms. The molecule has 80 valence electrons. The summed E-state index contributed by atoms with van der Waals surface area (Å²) in [4.78, 5) is 10.7. The summed E-state index contributed by atoms with van der Waals surface area (Å²) in [6, 6.07) is 6.08. The number of hydrogen-bond acceptors (Lipinski definition) is 2. The summed E-state index contributed by atoms with van der Waals surface area (Å²) in [7, 11) is 0. The predicted molar refractivity (Wildman–Crippen MR) is 59.3 cm³/mol. The van der Waals surface area contributed by atoms with Crippen molar-refractivity contribution in [3.8, 4) is 0 Å². The highest BCUT2D eigenvalue weighted by molar-refractivity contribution is 5.70. The molecule has 0 aliphatic carbocycles. The zero-order valence-electron chi connectivity index (χ0n) is 8.79. The number of nitrogens with one attached hydrogen (secondary N) is 1. The zero-order chi connectivity index (χ0) is 10.8. The number of para-hydroxylation sites is 1. The molecule has 3 nitrogen and oxygen atoms in total. The van der Waals surface area contributed by atoms with E-state index in [0.717, 1.165) is 24.2 Å². The minimum Gasteiger partial charge on any atom is -0.481 e. The number of carboxylic acids is 1. The molecule has 0 saturated carbocycles. The standard InChI is InChI=1S/C12H15NO2/c1-8-3-2-4-10-9(7-11(14)15)5-6-13-12(8)10/h2-4,9,13H,5-7H2,1H3,(H,14,15). The van der Waals surface area contributed by atoms with Crippen molar-refractivity contribution in [3.63, 3.8) is 0 Å². The number of rotatable bonds is 2. The van der Waals surface area contributed by atoms with Gasteiger partial charge in [0.2, 0.25) is 0 Å². The molecular formula is C12H15NO2. The van der Waals surface area contributed by atoms with E-state index in [2.05, 4.69) is 18.3 Å². The van der Waals surface area contributed by atoms with Gasteiger partial charge < -0.3 is 10.4 Å². The fourth-order valence-electron chi connectivity index (χ4n) is 2.22. The fraction of sp³-hybridized carbons (Fsp3) is 0.417. The molecule has 0 radical (unpaired) electrons. The number of carboxylic acid groups (broad SMARTS) is 1. The van der Waals surface area contributed by atoms with Crippen LogP contribution in [0.5, 0.6) is 0 Å². The number of fused-ring (bicyclic) bond motifs is 1. The molecule has 1 atom stereocenters. The highest BCUT2D eigenvalue weighted by Crippen LogP contribution is 2.35. The zero-order valence-corrected chi connectivity index (χ0v) is 8.79. The summed E-state index contributed by atoms with van der Waals surface area (Å²) in [5.41, 5.74) is 3.49. The minimum absolute atomic E-state index is 0.165. The van der Waals surface area contributed by atoms with Crippen molar-refractivity contribution in [1.29, 1.82) is 0 Å². The van der Waals surface area contributed by atoms with Crippen molar-refractivity contribution < 1.29 is 9.90 Å². The number of benzene rings is 1. The van der Waals surface area contributed by atoms with E-state index in [4.69, 9.17) is 5.11 Å². The van der Waals surface area contributed by atoms with E-state index < -0.39 is 5.97 Å². The molecule has 0 fully saturated rings. The van der Waals surface area contributed by atoms with Crippen LogP contribution in [0.3, 0.4) is 0 Å². The molecule has 2 rings (SSSR count). The second-order valence-electron chi connectivity index (χ2n) is 4.05. The molecule has 1 aliphatic rings. The summed E-state index contributed by atoms with van der Waals surface area (Å²) in [6.07, 6.45) is 1.14. The van der Waals surface area contributed by atoms with Crippen molar-refractivity contribution in [1.82, 2.24) is 0 Å². The predicted octanol–water partition coefficient (Wildman–Crippen LogP) is 2.37. The van der Waals surface area contributed by atoms with E-state index in [1.807, 2.05) is 12.1 Å². The van der Waals surface area contributed by atoms with Crippen LogP contribution in [-0.2, 0) is 4.79 Å². The van der Waals surface area contributed by atoms with Gasteiger partial charge in [-0.2, -0.15) is 0 Å². The number of hydrogen-bond donors (Lipinski definition) is 2. The molecule has 0 bridgehead atoms. The SMILES string of the molecule is Cc1cccc2c1NCCC2CC(=O)O. The second-order valence-corrected chi connectivity index (χ2v) is 4.05. The Morgan fingerprint density at radius 3 is 3.13 bits per heavy atom. The Balaban J connectivity index is 2.34. The van der Waals surface area contributed by atoms with E-state index in [1.54, 1.807) is 0 Å². The highest BCUT2D eigenvalue weighted by Gasteiger charge is 2.22. The molecule has 0 aromatic heterocycles. The van der Waals surface area contributed by atoms with Crippen molar-refractivity contribution in [2.45, 2.75) is 25.7 Å². The first-order chi connectivity index (χ1) is 7.18. The van der Waals surface area contributed by atoms with Gasteiger partial charge >= 0.3 is 5.97 Å². The molecule has 1 aromatic rings. The normalized spacial score (nSPS) is 19.1. The smallest absolute Gasteiger partial charge is 0.303 e. The van der Waals surface area contributed by atoms with E-state index in [9.17, 15) is 4.79 Å². The largest absolute Gasteiger partial charge is 0.481 e. The van der Waals surface area contributed by atoms with E-state index >= 15 is 0 Å². The Bertz CT molecular complexity index is 387.